The molecule has 0 radical (unpaired) electrons. The Kier molecular flexibility index (Phi) is 5.84. The Hall–Kier alpha value is -3.61. The summed E-state index contributed by atoms with van der Waals surface area (Å²) in [5.41, 5.74) is 7.99. The van der Waals surface area contributed by atoms with E-state index in [9.17, 15) is 4.39 Å². The van der Waals surface area contributed by atoms with Crippen LogP contribution in [0.2, 0.25) is 0 Å². The van der Waals surface area contributed by atoms with E-state index in [2.05, 4.69) is 19.9 Å². The van der Waals surface area contributed by atoms with Crippen molar-refractivity contribution in [3.05, 3.63) is 89.9 Å². The summed E-state index contributed by atoms with van der Waals surface area (Å²) in [6.45, 7) is 0.135. The number of aliphatic imine (C=N–C) groups is 1. The van der Waals surface area contributed by atoms with Gasteiger partial charge in [-0.2, -0.15) is 0 Å². The molecular weight excluding hydrogens is 345 g/mol. The van der Waals surface area contributed by atoms with Crippen LogP contribution >= 0.6 is 0 Å². The van der Waals surface area contributed by atoms with Gasteiger partial charge in [0, 0.05) is 24.0 Å². The molecule has 0 aliphatic rings. The number of pyridine rings is 1. The maximum atomic E-state index is 13.9. The number of methoxy groups -OCH3 is 1. The predicted molar refractivity (Wildman–Crippen MR) is 102 cm³/mol. The summed E-state index contributed by atoms with van der Waals surface area (Å²) >= 11 is 0. The quantitative estimate of drug-likeness (QED) is 0.681. The lowest BCUT2D eigenvalue weighted by atomic mass is 10.2. The van der Waals surface area contributed by atoms with Gasteiger partial charge in [0.05, 0.1) is 25.0 Å². The van der Waals surface area contributed by atoms with Gasteiger partial charge in [0.2, 0.25) is 5.88 Å². The van der Waals surface area contributed by atoms with Gasteiger partial charge in [-0.1, -0.05) is 24.3 Å². The number of hydrogen-bond donors (Lipinski definition) is 1. The van der Waals surface area contributed by atoms with Crippen LogP contribution in [0.3, 0.4) is 0 Å². The molecular formula is C20H18FN5O. The fourth-order valence-corrected chi connectivity index (χ4v) is 2.32. The summed E-state index contributed by atoms with van der Waals surface area (Å²) in [4.78, 5) is 17.2. The average molecular weight is 363 g/mol. The maximum absolute atomic E-state index is 13.9. The fraction of sp³-hybridized carbons (Fsp3) is 0.100. The Morgan fingerprint density at radius 3 is 2.63 bits per heavy atom. The van der Waals surface area contributed by atoms with Crippen LogP contribution in [0.5, 0.6) is 5.88 Å². The molecule has 0 atom stereocenters. The van der Waals surface area contributed by atoms with E-state index in [1.807, 2.05) is 0 Å². The van der Waals surface area contributed by atoms with E-state index in [0.29, 0.717) is 34.4 Å². The van der Waals surface area contributed by atoms with Crippen LogP contribution in [0.15, 0.2) is 72.0 Å². The number of nitrogens with zero attached hydrogens (tertiary/aromatic N) is 4. The fourth-order valence-electron chi connectivity index (χ4n) is 2.32. The van der Waals surface area contributed by atoms with E-state index >= 15 is 0 Å². The van der Waals surface area contributed by atoms with Crippen molar-refractivity contribution in [2.45, 2.75) is 6.54 Å². The third kappa shape index (κ3) is 4.72. The molecule has 0 aliphatic carbocycles. The highest BCUT2D eigenvalue weighted by Gasteiger charge is 2.08. The smallest absolute Gasteiger partial charge is 0.213 e. The number of aromatic nitrogens is 3. The zero-order valence-electron chi connectivity index (χ0n) is 14.7. The van der Waals surface area contributed by atoms with Crippen molar-refractivity contribution in [2.24, 2.45) is 10.7 Å². The number of ether oxygens (including phenoxy) is 1. The van der Waals surface area contributed by atoms with Crippen molar-refractivity contribution >= 4 is 11.4 Å². The molecule has 2 N–H and O–H groups in total. The van der Waals surface area contributed by atoms with Crippen molar-refractivity contribution in [3.8, 4) is 5.88 Å². The normalized spacial score (nSPS) is 12.1. The van der Waals surface area contributed by atoms with E-state index in [4.69, 9.17) is 10.5 Å². The lowest BCUT2D eigenvalue weighted by Crippen LogP contribution is -2.09. The number of rotatable bonds is 6. The summed E-state index contributed by atoms with van der Waals surface area (Å²) < 4.78 is 19.0. The third-order valence-electron chi connectivity index (χ3n) is 3.69. The standard InChI is InChI=1S/C20H18FN5O/c1-27-19-9-4-8-17(26-19)16(22)12-18(20-23-10-5-11-24-20)25-13-14-6-2-3-7-15(14)21/h2-12H,13,22H2,1H3. The first kappa shape index (κ1) is 18.2. The highest BCUT2D eigenvalue weighted by molar-refractivity contribution is 6.09. The zero-order chi connectivity index (χ0) is 19.1. The average Bonchev–Trinajstić information content (AvgIpc) is 2.72. The minimum atomic E-state index is -0.319. The van der Waals surface area contributed by atoms with Gasteiger partial charge in [-0.3, -0.25) is 4.99 Å². The molecule has 3 rings (SSSR count). The summed E-state index contributed by atoms with van der Waals surface area (Å²) in [6.07, 6.45) is 4.83. The molecule has 3 aromatic rings. The van der Waals surface area contributed by atoms with E-state index in [1.165, 1.54) is 13.2 Å². The maximum Gasteiger partial charge on any atom is 0.213 e. The third-order valence-corrected chi connectivity index (χ3v) is 3.69. The van der Waals surface area contributed by atoms with Crippen molar-refractivity contribution in [2.75, 3.05) is 7.11 Å². The molecule has 2 heterocycles. The first-order chi connectivity index (χ1) is 13.2. The van der Waals surface area contributed by atoms with Gasteiger partial charge < -0.3 is 10.5 Å². The van der Waals surface area contributed by atoms with Crippen LogP contribution in [0.4, 0.5) is 4.39 Å². The van der Waals surface area contributed by atoms with Gasteiger partial charge in [0.15, 0.2) is 5.82 Å². The Morgan fingerprint density at radius 1 is 1.11 bits per heavy atom. The minimum absolute atomic E-state index is 0.135. The summed E-state index contributed by atoms with van der Waals surface area (Å²) in [5.74, 6) is 0.519. The van der Waals surface area contributed by atoms with E-state index in [-0.39, 0.29) is 12.4 Å². The molecule has 7 heteroatoms. The minimum Gasteiger partial charge on any atom is -0.481 e. The van der Waals surface area contributed by atoms with Gasteiger partial charge in [0.1, 0.15) is 11.5 Å². The Labute approximate surface area is 156 Å². The summed E-state index contributed by atoms with van der Waals surface area (Å²) in [6, 6.07) is 13.4. The summed E-state index contributed by atoms with van der Waals surface area (Å²) in [5, 5.41) is 0. The number of nitrogens with two attached hydrogens (primary N) is 1. The zero-order valence-corrected chi connectivity index (χ0v) is 14.7. The molecule has 0 saturated heterocycles. The molecule has 0 fully saturated rings. The second-order valence-electron chi connectivity index (χ2n) is 5.53. The topological polar surface area (TPSA) is 86.3 Å². The van der Waals surface area contributed by atoms with Crippen molar-refractivity contribution in [1.82, 2.24) is 15.0 Å². The van der Waals surface area contributed by atoms with Crippen LogP contribution in [0.1, 0.15) is 17.1 Å². The second kappa shape index (κ2) is 8.66. The largest absolute Gasteiger partial charge is 0.481 e. The van der Waals surface area contributed by atoms with Gasteiger partial charge in [-0.25, -0.2) is 19.3 Å². The Morgan fingerprint density at radius 2 is 1.89 bits per heavy atom. The number of halogens is 1. The van der Waals surface area contributed by atoms with Crippen molar-refractivity contribution in [1.29, 1.82) is 0 Å². The van der Waals surface area contributed by atoms with Crippen LogP contribution in [-0.2, 0) is 6.54 Å². The second-order valence-corrected chi connectivity index (χ2v) is 5.53. The first-order valence-corrected chi connectivity index (χ1v) is 8.21. The van der Waals surface area contributed by atoms with Crippen LogP contribution in [0.25, 0.3) is 5.70 Å². The van der Waals surface area contributed by atoms with Gasteiger partial charge in [-0.15, -0.1) is 0 Å². The molecule has 0 bridgehead atoms. The molecule has 136 valence electrons. The predicted octanol–water partition coefficient (Wildman–Crippen LogP) is 3.01. The molecule has 0 spiro atoms. The molecule has 6 nitrogen and oxygen atoms in total. The number of allylic oxidation sites excluding steroid dienone is 1. The molecule has 0 aliphatic heterocycles. The van der Waals surface area contributed by atoms with Crippen LogP contribution in [-0.4, -0.2) is 27.8 Å². The number of benzene rings is 1. The lowest BCUT2D eigenvalue weighted by Gasteiger charge is -2.06. The van der Waals surface area contributed by atoms with Crippen molar-refractivity contribution in [3.63, 3.8) is 0 Å². The highest BCUT2D eigenvalue weighted by Crippen LogP contribution is 2.14. The molecule has 0 amide bonds. The molecule has 1 aromatic carbocycles. The lowest BCUT2D eigenvalue weighted by molar-refractivity contribution is 0.397. The van der Waals surface area contributed by atoms with Crippen LogP contribution < -0.4 is 10.5 Å². The molecule has 2 aromatic heterocycles. The molecule has 27 heavy (non-hydrogen) atoms. The van der Waals surface area contributed by atoms with Crippen LogP contribution in [0, 0.1) is 5.82 Å². The van der Waals surface area contributed by atoms with Gasteiger partial charge in [-0.05, 0) is 24.3 Å². The highest BCUT2D eigenvalue weighted by atomic mass is 19.1. The SMILES string of the molecule is COc1cccc(C(N)=CC(=NCc2ccccc2F)c2ncccn2)n1. The Balaban J connectivity index is 1.97. The number of hydrogen-bond acceptors (Lipinski definition) is 6. The van der Waals surface area contributed by atoms with Crippen molar-refractivity contribution < 1.29 is 9.13 Å². The van der Waals surface area contributed by atoms with Gasteiger partial charge >= 0.3 is 0 Å². The van der Waals surface area contributed by atoms with E-state index in [1.54, 1.807) is 60.9 Å². The molecule has 0 unspecified atom stereocenters. The summed E-state index contributed by atoms with van der Waals surface area (Å²) in [7, 11) is 1.53. The van der Waals surface area contributed by atoms with E-state index in [0.717, 1.165) is 0 Å². The monoisotopic (exact) mass is 363 g/mol. The van der Waals surface area contributed by atoms with Gasteiger partial charge in [0.25, 0.3) is 0 Å². The van der Waals surface area contributed by atoms with E-state index < -0.39 is 0 Å². The molecule has 0 saturated carbocycles. The first-order valence-electron chi connectivity index (χ1n) is 8.21. The Bertz CT molecular complexity index is 973.